The molecular formula is C17H20N2O. The van der Waals surface area contributed by atoms with Crippen LogP contribution in [0.25, 0.3) is 10.8 Å². The second kappa shape index (κ2) is 5.63. The molecule has 0 saturated heterocycles. The van der Waals surface area contributed by atoms with Gasteiger partial charge >= 0.3 is 0 Å². The van der Waals surface area contributed by atoms with Gasteiger partial charge in [0.2, 0.25) is 0 Å². The van der Waals surface area contributed by atoms with Crippen LogP contribution in [0, 0.1) is 5.92 Å². The molecule has 2 aromatic rings. The zero-order chi connectivity index (χ0) is 13.9. The SMILES string of the molecule is NC1CCC(CNC(=O)c2ccc3ccccc3c2)C1. The van der Waals surface area contributed by atoms with Gasteiger partial charge in [0.05, 0.1) is 0 Å². The smallest absolute Gasteiger partial charge is 0.251 e. The van der Waals surface area contributed by atoms with E-state index >= 15 is 0 Å². The molecule has 0 heterocycles. The highest BCUT2D eigenvalue weighted by atomic mass is 16.1. The minimum absolute atomic E-state index is 0.0104. The number of benzene rings is 2. The van der Waals surface area contributed by atoms with Gasteiger partial charge in [0.25, 0.3) is 5.91 Å². The van der Waals surface area contributed by atoms with E-state index in [1.54, 1.807) is 0 Å². The van der Waals surface area contributed by atoms with Crippen LogP contribution in [-0.2, 0) is 0 Å². The lowest BCUT2D eigenvalue weighted by atomic mass is 10.1. The van der Waals surface area contributed by atoms with E-state index in [2.05, 4.69) is 11.4 Å². The molecule has 1 saturated carbocycles. The average Bonchev–Trinajstić information content (AvgIpc) is 2.90. The Morgan fingerprint density at radius 2 is 1.95 bits per heavy atom. The fraction of sp³-hybridized carbons (Fsp3) is 0.353. The lowest BCUT2D eigenvalue weighted by Crippen LogP contribution is -2.29. The molecule has 1 aliphatic carbocycles. The van der Waals surface area contributed by atoms with E-state index < -0.39 is 0 Å². The summed E-state index contributed by atoms with van der Waals surface area (Å²) in [5.74, 6) is 0.547. The normalized spacial score (nSPS) is 22.1. The fourth-order valence-corrected chi connectivity index (χ4v) is 2.97. The summed E-state index contributed by atoms with van der Waals surface area (Å²) >= 11 is 0. The van der Waals surface area contributed by atoms with Crippen molar-refractivity contribution in [2.24, 2.45) is 11.7 Å². The predicted molar refractivity (Wildman–Crippen MR) is 81.6 cm³/mol. The van der Waals surface area contributed by atoms with Crippen molar-refractivity contribution in [1.82, 2.24) is 5.32 Å². The molecule has 3 N–H and O–H groups in total. The Morgan fingerprint density at radius 3 is 2.70 bits per heavy atom. The molecule has 1 aliphatic rings. The van der Waals surface area contributed by atoms with E-state index in [1.165, 1.54) is 0 Å². The first-order chi connectivity index (χ1) is 9.72. The maximum Gasteiger partial charge on any atom is 0.251 e. The van der Waals surface area contributed by atoms with Crippen molar-refractivity contribution < 1.29 is 4.79 Å². The second-order valence-corrected chi connectivity index (χ2v) is 5.71. The molecule has 2 atom stereocenters. The Morgan fingerprint density at radius 1 is 1.15 bits per heavy atom. The lowest BCUT2D eigenvalue weighted by molar-refractivity contribution is 0.0947. The lowest BCUT2D eigenvalue weighted by Gasteiger charge is -2.11. The third-order valence-corrected chi connectivity index (χ3v) is 4.14. The Labute approximate surface area is 119 Å². The van der Waals surface area contributed by atoms with E-state index in [1.807, 2.05) is 36.4 Å². The number of nitrogens with two attached hydrogens (primary N) is 1. The predicted octanol–water partition coefficient (Wildman–Crippen LogP) is 2.70. The number of nitrogens with one attached hydrogen (secondary N) is 1. The first-order valence-corrected chi connectivity index (χ1v) is 7.25. The van der Waals surface area contributed by atoms with Crippen molar-refractivity contribution in [3.63, 3.8) is 0 Å². The van der Waals surface area contributed by atoms with Gasteiger partial charge in [-0.3, -0.25) is 4.79 Å². The van der Waals surface area contributed by atoms with Crippen LogP contribution < -0.4 is 11.1 Å². The number of amides is 1. The molecule has 20 heavy (non-hydrogen) atoms. The summed E-state index contributed by atoms with van der Waals surface area (Å²) in [5, 5.41) is 5.29. The first kappa shape index (κ1) is 13.1. The van der Waals surface area contributed by atoms with Gasteiger partial charge in [-0.1, -0.05) is 30.3 Å². The second-order valence-electron chi connectivity index (χ2n) is 5.71. The Kier molecular flexibility index (Phi) is 3.70. The number of hydrogen-bond acceptors (Lipinski definition) is 2. The fourth-order valence-electron chi connectivity index (χ4n) is 2.97. The van der Waals surface area contributed by atoms with Crippen LogP contribution in [0.3, 0.4) is 0 Å². The maximum atomic E-state index is 12.2. The van der Waals surface area contributed by atoms with Crippen molar-refractivity contribution in [3.05, 3.63) is 48.0 Å². The van der Waals surface area contributed by atoms with Crippen LogP contribution in [0.15, 0.2) is 42.5 Å². The number of hydrogen-bond donors (Lipinski definition) is 2. The van der Waals surface area contributed by atoms with Crippen LogP contribution in [0.4, 0.5) is 0 Å². The third-order valence-electron chi connectivity index (χ3n) is 4.14. The van der Waals surface area contributed by atoms with Crippen LogP contribution >= 0.6 is 0 Å². The van der Waals surface area contributed by atoms with Crippen molar-refractivity contribution in [1.29, 1.82) is 0 Å². The molecule has 3 nitrogen and oxygen atoms in total. The van der Waals surface area contributed by atoms with Crippen molar-refractivity contribution in [2.45, 2.75) is 25.3 Å². The van der Waals surface area contributed by atoms with Gasteiger partial charge in [0.1, 0.15) is 0 Å². The van der Waals surface area contributed by atoms with Gasteiger partial charge in [-0.05, 0) is 48.1 Å². The van der Waals surface area contributed by atoms with Crippen LogP contribution in [-0.4, -0.2) is 18.5 Å². The molecule has 3 rings (SSSR count). The zero-order valence-electron chi connectivity index (χ0n) is 11.5. The molecule has 104 valence electrons. The molecule has 1 fully saturated rings. The van der Waals surface area contributed by atoms with E-state index in [0.29, 0.717) is 12.0 Å². The molecule has 0 spiro atoms. The van der Waals surface area contributed by atoms with Crippen molar-refractivity contribution >= 4 is 16.7 Å². The molecule has 0 radical (unpaired) electrons. The number of carbonyl (C=O) groups excluding carboxylic acids is 1. The largest absolute Gasteiger partial charge is 0.352 e. The summed E-state index contributed by atoms with van der Waals surface area (Å²) in [4.78, 5) is 12.2. The van der Waals surface area contributed by atoms with Crippen molar-refractivity contribution in [3.8, 4) is 0 Å². The summed E-state index contributed by atoms with van der Waals surface area (Å²) in [6, 6.07) is 14.2. The molecule has 0 aromatic heterocycles. The topological polar surface area (TPSA) is 55.1 Å². The Hall–Kier alpha value is -1.87. The van der Waals surface area contributed by atoms with Gasteiger partial charge in [-0.2, -0.15) is 0 Å². The minimum Gasteiger partial charge on any atom is -0.352 e. The molecule has 3 heteroatoms. The number of rotatable bonds is 3. The quantitative estimate of drug-likeness (QED) is 0.899. The maximum absolute atomic E-state index is 12.2. The summed E-state index contributed by atoms with van der Waals surface area (Å²) in [6.07, 6.45) is 3.23. The third kappa shape index (κ3) is 2.83. The minimum atomic E-state index is 0.0104. The van der Waals surface area contributed by atoms with Gasteiger partial charge < -0.3 is 11.1 Å². The summed E-state index contributed by atoms with van der Waals surface area (Å²) < 4.78 is 0. The highest BCUT2D eigenvalue weighted by Gasteiger charge is 2.22. The van der Waals surface area contributed by atoms with Gasteiger partial charge in [-0.25, -0.2) is 0 Å². The number of fused-ring (bicyclic) bond motifs is 1. The van der Waals surface area contributed by atoms with E-state index in [0.717, 1.165) is 42.1 Å². The molecule has 1 amide bonds. The molecule has 2 aromatic carbocycles. The highest BCUT2D eigenvalue weighted by molar-refractivity contribution is 5.98. The average molecular weight is 268 g/mol. The molecule has 0 aliphatic heterocycles. The standard InChI is InChI=1S/C17H20N2O/c18-16-8-5-12(9-16)11-19-17(20)15-7-6-13-3-1-2-4-14(13)10-15/h1-4,6-7,10,12,16H,5,8-9,11,18H2,(H,19,20). The first-order valence-electron chi connectivity index (χ1n) is 7.25. The van der Waals surface area contributed by atoms with E-state index in [9.17, 15) is 4.79 Å². The van der Waals surface area contributed by atoms with Gasteiger partial charge in [0, 0.05) is 18.2 Å². The van der Waals surface area contributed by atoms with Crippen molar-refractivity contribution in [2.75, 3.05) is 6.54 Å². The molecule has 2 unspecified atom stereocenters. The molecule has 0 bridgehead atoms. The summed E-state index contributed by atoms with van der Waals surface area (Å²) in [7, 11) is 0. The van der Waals surface area contributed by atoms with Gasteiger partial charge in [-0.15, -0.1) is 0 Å². The van der Waals surface area contributed by atoms with Crippen LogP contribution in [0.1, 0.15) is 29.6 Å². The summed E-state index contributed by atoms with van der Waals surface area (Å²) in [6.45, 7) is 0.735. The molecular weight excluding hydrogens is 248 g/mol. The zero-order valence-corrected chi connectivity index (χ0v) is 11.5. The Bertz CT molecular complexity index is 623. The van der Waals surface area contributed by atoms with Crippen LogP contribution in [0.5, 0.6) is 0 Å². The van der Waals surface area contributed by atoms with E-state index in [4.69, 9.17) is 5.73 Å². The Balaban J connectivity index is 1.66. The monoisotopic (exact) mass is 268 g/mol. The number of carbonyl (C=O) groups is 1. The van der Waals surface area contributed by atoms with Crippen LogP contribution in [0.2, 0.25) is 0 Å². The highest BCUT2D eigenvalue weighted by Crippen LogP contribution is 2.23. The van der Waals surface area contributed by atoms with Gasteiger partial charge in [0.15, 0.2) is 0 Å². The van der Waals surface area contributed by atoms with E-state index in [-0.39, 0.29) is 5.91 Å². The summed E-state index contributed by atoms with van der Waals surface area (Å²) in [5.41, 5.74) is 6.62.